The fraction of sp³-hybridized carbons (Fsp3) is 0.238. The molecular weight excluding hydrogens is 300 g/mol. The zero-order valence-electron chi connectivity index (χ0n) is 13.9. The van der Waals surface area contributed by atoms with E-state index < -0.39 is 0 Å². The normalized spacial score (nSPS) is 20.6. The highest BCUT2D eigenvalue weighted by atomic mass is 16.5. The molecule has 2 aromatic rings. The third-order valence-corrected chi connectivity index (χ3v) is 4.58. The van der Waals surface area contributed by atoms with Crippen LogP contribution in [-0.4, -0.2) is 13.2 Å². The molecule has 0 spiro atoms. The Bertz CT molecular complexity index is 821. The van der Waals surface area contributed by atoms with Gasteiger partial charge in [0, 0.05) is 18.1 Å². The minimum Gasteiger partial charge on any atom is -0.496 e. The number of rotatable bonds is 3. The quantitative estimate of drug-likeness (QED) is 0.766. The molecule has 0 saturated heterocycles. The van der Waals surface area contributed by atoms with Crippen molar-refractivity contribution in [2.75, 3.05) is 7.11 Å². The lowest BCUT2D eigenvalue weighted by atomic mass is 9.98. The Morgan fingerprint density at radius 1 is 1.21 bits per heavy atom. The number of hydrogen-bond acceptors (Lipinski definition) is 3. The highest BCUT2D eigenvalue weighted by Crippen LogP contribution is 2.48. The van der Waals surface area contributed by atoms with E-state index in [1.165, 1.54) is 0 Å². The molecule has 2 unspecified atom stereocenters. The summed E-state index contributed by atoms with van der Waals surface area (Å²) in [6, 6.07) is 12.2. The van der Waals surface area contributed by atoms with E-state index in [0.717, 1.165) is 45.9 Å². The van der Waals surface area contributed by atoms with Crippen LogP contribution in [-0.2, 0) is 6.42 Å². The van der Waals surface area contributed by atoms with Gasteiger partial charge in [0.2, 0.25) is 0 Å². The van der Waals surface area contributed by atoms with Gasteiger partial charge in [-0.25, -0.2) is 0 Å². The van der Waals surface area contributed by atoms with Crippen molar-refractivity contribution in [1.82, 2.24) is 0 Å². The molecule has 0 fully saturated rings. The first-order chi connectivity index (χ1) is 11.7. The van der Waals surface area contributed by atoms with Crippen molar-refractivity contribution in [1.29, 1.82) is 0 Å². The number of hydrogen-bond donors (Lipinski definition) is 0. The van der Waals surface area contributed by atoms with Crippen molar-refractivity contribution in [3.8, 4) is 17.2 Å². The van der Waals surface area contributed by atoms with Crippen LogP contribution in [0.3, 0.4) is 0 Å². The van der Waals surface area contributed by atoms with Crippen LogP contribution in [0, 0.1) is 0 Å². The summed E-state index contributed by atoms with van der Waals surface area (Å²) in [6.45, 7) is 6.02. The van der Waals surface area contributed by atoms with E-state index in [2.05, 4.69) is 30.9 Å². The fourth-order valence-electron chi connectivity index (χ4n) is 3.26. The molecule has 2 aliphatic heterocycles. The Balaban J connectivity index is 1.77. The van der Waals surface area contributed by atoms with Crippen molar-refractivity contribution in [3.05, 3.63) is 71.3 Å². The van der Waals surface area contributed by atoms with Crippen LogP contribution in [0.25, 0.3) is 6.08 Å². The molecule has 0 saturated carbocycles. The maximum atomic E-state index is 6.35. The third kappa shape index (κ3) is 2.37. The smallest absolute Gasteiger partial charge is 0.142 e. The molecule has 2 heterocycles. The number of fused-ring (bicyclic) bond motifs is 3. The Hall–Kier alpha value is -2.68. The summed E-state index contributed by atoms with van der Waals surface area (Å²) in [5, 5.41) is 0. The van der Waals surface area contributed by atoms with Crippen LogP contribution >= 0.6 is 0 Å². The Kier molecular flexibility index (Phi) is 3.57. The van der Waals surface area contributed by atoms with Crippen molar-refractivity contribution in [2.45, 2.75) is 25.6 Å². The SMILES string of the molecule is C=C(C)C1Cc2c(cc(OC)c3c2OC(c2ccccc2)C=C3)O1. The molecular formula is C21H20O3. The van der Waals surface area contributed by atoms with E-state index >= 15 is 0 Å². The van der Waals surface area contributed by atoms with Gasteiger partial charge in [-0.3, -0.25) is 0 Å². The molecule has 3 heteroatoms. The maximum Gasteiger partial charge on any atom is 0.142 e. The molecule has 0 amide bonds. The topological polar surface area (TPSA) is 27.7 Å². The third-order valence-electron chi connectivity index (χ3n) is 4.58. The lowest BCUT2D eigenvalue weighted by Crippen LogP contribution is -2.14. The Morgan fingerprint density at radius 3 is 2.71 bits per heavy atom. The molecule has 4 rings (SSSR count). The van der Waals surface area contributed by atoms with Crippen molar-refractivity contribution >= 4 is 6.08 Å². The van der Waals surface area contributed by atoms with Gasteiger partial charge in [0.1, 0.15) is 29.5 Å². The summed E-state index contributed by atoms with van der Waals surface area (Å²) in [5.74, 6) is 2.47. The van der Waals surface area contributed by atoms with Crippen LogP contribution in [0.4, 0.5) is 0 Å². The average molecular weight is 320 g/mol. The monoisotopic (exact) mass is 320 g/mol. The van der Waals surface area contributed by atoms with Gasteiger partial charge in [0.25, 0.3) is 0 Å². The predicted octanol–water partition coefficient (Wildman–Crippen LogP) is 4.72. The van der Waals surface area contributed by atoms with Crippen molar-refractivity contribution in [2.24, 2.45) is 0 Å². The maximum absolute atomic E-state index is 6.35. The zero-order valence-corrected chi connectivity index (χ0v) is 13.9. The van der Waals surface area contributed by atoms with E-state index in [4.69, 9.17) is 14.2 Å². The summed E-state index contributed by atoms with van der Waals surface area (Å²) in [4.78, 5) is 0. The van der Waals surface area contributed by atoms with Crippen LogP contribution in [0.1, 0.15) is 29.7 Å². The van der Waals surface area contributed by atoms with Gasteiger partial charge in [-0.2, -0.15) is 0 Å². The van der Waals surface area contributed by atoms with E-state index in [0.29, 0.717) is 0 Å². The molecule has 2 atom stereocenters. The molecule has 2 aliphatic rings. The second-order valence-electron chi connectivity index (χ2n) is 6.26. The second-order valence-corrected chi connectivity index (χ2v) is 6.26. The summed E-state index contributed by atoms with van der Waals surface area (Å²) < 4.78 is 17.9. The van der Waals surface area contributed by atoms with Crippen molar-refractivity contribution in [3.63, 3.8) is 0 Å². The van der Waals surface area contributed by atoms with E-state index in [1.54, 1.807) is 7.11 Å². The van der Waals surface area contributed by atoms with Gasteiger partial charge in [-0.15, -0.1) is 0 Å². The summed E-state index contributed by atoms with van der Waals surface area (Å²) in [7, 11) is 1.67. The lowest BCUT2D eigenvalue weighted by molar-refractivity contribution is 0.247. The Morgan fingerprint density at radius 2 is 2.00 bits per heavy atom. The lowest BCUT2D eigenvalue weighted by Gasteiger charge is -2.25. The first-order valence-corrected chi connectivity index (χ1v) is 8.13. The highest BCUT2D eigenvalue weighted by molar-refractivity contribution is 5.72. The van der Waals surface area contributed by atoms with E-state index in [9.17, 15) is 0 Å². The van der Waals surface area contributed by atoms with Gasteiger partial charge < -0.3 is 14.2 Å². The van der Waals surface area contributed by atoms with Crippen LogP contribution < -0.4 is 14.2 Å². The second kappa shape index (κ2) is 5.75. The summed E-state index contributed by atoms with van der Waals surface area (Å²) in [5.41, 5.74) is 4.23. The first kappa shape index (κ1) is 14.9. The largest absolute Gasteiger partial charge is 0.496 e. The standard InChI is InChI=1S/C21H20O3/c1-13(2)18-11-16-20(23-18)12-19(22-3)15-9-10-17(24-21(15)16)14-7-5-4-6-8-14/h4-10,12,17-18H,1,11H2,2-3H3. The van der Waals surface area contributed by atoms with Crippen LogP contribution in [0.2, 0.25) is 0 Å². The molecule has 0 N–H and O–H groups in total. The minimum atomic E-state index is -0.0983. The van der Waals surface area contributed by atoms with Crippen molar-refractivity contribution < 1.29 is 14.2 Å². The molecule has 3 nitrogen and oxygen atoms in total. The highest BCUT2D eigenvalue weighted by Gasteiger charge is 2.32. The van der Waals surface area contributed by atoms with Gasteiger partial charge in [-0.05, 0) is 30.2 Å². The fourth-order valence-corrected chi connectivity index (χ4v) is 3.26. The van der Waals surface area contributed by atoms with Gasteiger partial charge in [-0.1, -0.05) is 36.9 Å². The van der Waals surface area contributed by atoms with Crippen LogP contribution in [0.15, 0.2) is 54.6 Å². The minimum absolute atomic E-state index is 0.000822. The number of benzene rings is 2. The van der Waals surface area contributed by atoms with E-state index in [1.807, 2.05) is 31.2 Å². The van der Waals surface area contributed by atoms with E-state index in [-0.39, 0.29) is 12.2 Å². The Labute approximate surface area is 142 Å². The molecule has 24 heavy (non-hydrogen) atoms. The van der Waals surface area contributed by atoms with Gasteiger partial charge in [0.15, 0.2) is 0 Å². The molecule has 0 radical (unpaired) electrons. The van der Waals surface area contributed by atoms with Crippen LogP contribution in [0.5, 0.6) is 17.2 Å². The van der Waals surface area contributed by atoms with Gasteiger partial charge >= 0.3 is 0 Å². The number of ether oxygens (including phenoxy) is 3. The molecule has 0 aliphatic carbocycles. The summed E-state index contributed by atoms with van der Waals surface area (Å²) >= 11 is 0. The first-order valence-electron chi connectivity index (χ1n) is 8.13. The predicted molar refractivity (Wildman–Crippen MR) is 94.8 cm³/mol. The zero-order chi connectivity index (χ0) is 16.7. The number of methoxy groups -OCH3 is 1. The molecule has 0 bridgehead atoms. The molecule has 122 valence electrons. The van der Waals surface area contributed by atoms with Gasteiger partial charge in [0.05, 0.1) is 12.7 Å². The molecule has 2 aromatic carbocycles. The average Bonchev–Trinajstić information content (AvgIpc) is 3.06. The summed E-state index contributed by atoms with van der Waals surface area (Å²) in [6.07, 6.45) is 4.84. The molecule has 0 aromatic heterocycles.